The molecule has 0 aliphatic rings. The van der Waals surface area contributed by atoms with E-state index in [-0.39, 0.29) is 11.1 Å². The molecule has 0 spiro atoms. The van der Waals surface area contributed by atoms with Crippen LogP contribution < -0.4 is 5.32 Å². The molecule has 22 heavy (non-hydrogen) atoms. The Morgan fingerprint density at radius 3 is 2.41 bits per heavy atom. The molecule has 0 bridgehead atoms. The van der Waals surface area contributed by atoms with Gasteiger partial charge in [-0.25, -0.2) is 9.78 Å². The summed E-state index contributed by atoms with van der Waals surface area (Å²) in [6.45, 7) is 7.31. The van der Waals surface area contributed by atoms with Crippen molar-refractivity contribution in [1.82, 2.24) is 4.98 Å². The summed E-state index contributed by atoms with van der Waals surface area (Å²) >= 11 is 0. The zero-order valence-electron chi connectivity index (χ0n) is 13.3. The van der Waals surface area contributed by atoms with Crippen molar-refractivity contribution in [2.45, 2.75) is 32.6 Å². The summed E-state index contributed by atoms with van der Waals surface area (Å²) in [5, 5.41) is 12.1. The maximum Gasteiger partial charge on any atom is 0.354 e. The van der Waals surface area contributed by atoms with Crippen LogP contribution in [0.15, 0.2) is 42.5 Å². The van der Waals surface area contributed by atoms with E-state index >= 15 is 0 Å². The Balaban J connectivity index is 1.91. The first-order valence-electron chi connectivity index (χ1n) is 7.40. The fraction of sp³-hybridized carbons (Fsp3) is 0.333. The van der Waals surface area contributed by atoms with Crippen molar-refractivity contribution in [3.05, 3.63) is 59.3 Å². The standard InChI is InChI=1S/C18H22N2O2/c1-18(2,3)14-9-7-13(8-10-14)11-12-19-16-6-4-5-15(20-16)17(21)22/h4-10H,11-12H2,1-3H3,(H,19,20)(H,21,22). The first kappa shape index (κ1) is 16.0. The number of carboxylic acid groups (broad SMARTS) is 1. The number of nitrogens with zero attached hydrogens (tertiary/aromatic N) is 1. The highest BCUT2D eigenvalue weighted by molar-refractivity contribution is 5.85. The summed E-state index contributed by atoms with van der Waals surface area (Å²) in [4.78, 5) is 14.9. The largest absolute Gasteiger partial charge is 0.477 e. The van der Waals surface area contributed by atoms with Crippen molar-refractivity contribution in [3.8, 4) is 0 Å². The number of aromatic nitrogens is 1. The van der Waals surface area contributed by atoms with Crippen molar-refractivity contribution in [3.63, 3.8) is 0 Å². The summed E-state index contributed by atoms with van der Waals surface area (Å²) in [6.07, 6.45) is 0.864. The molecule has 2 N–H and O–H groups in total. The average molecular weight is 298 g/mol. The van der Waals surface area contributed by atoms with Crippen LogP contribution in [0.2, 0.25) is 0 Å². The minimum absolute atomic E-state index is 0.0551. The molecular weight excluding hydrogens is 276 g/mol. The van der Waals surface area contributed by atoms with Crippen molar-refractivity contribution < 1.29 is 9.90 Å². The van der Waals surface area contributed by atoms with Crippen LogP contribution in [-0.4, -0.2) is 22.6 Å². The first-order chi connectivity index (χ1) is 10.4. The van der Waals surface area contributed by atoms with Crippen molar-refractivity contribution in [1.29, 1.82) is 0 Å². The van der Waals surface area contributed by atoms with E-state index in [2.05, 4.69) is 55.3 Å². The van der Waals surface area contributed by atoms with Gasteiger partial charge in [0.1, 0.15) is 5.82 Å². The zero-order valence-corrected chi connectivity index (χ0v) is 13.3. The second-order valence-corrected chi connectivity index (χ2v) is 6.34. The molecule has 0 radical (unpaired) electrons. The molecule has 1 aromatic carbocycles. The second kappa shape index (κ2) is 6.60. The highest BCUT2D eigenvalue weighted by atomic mass is 16.4. The summed E-state index contributed by atoms with van der Waals surface area (Å²) in [6, 6.07) is 13.6. The number of rotatable bonds is 5. The molecule has 116 valence electrons. The van der Waals surface area contributed by atoms with Gasteiger partial charge in [-0.3, -0.25) is 0 Å². The van der Waals surface area contributed by atoms with Crippen molar-refractivity contribution in [2.24, 2.45) is 0 Å². The van der Waals surface area contributed by atoms with Gasteiger partial charge in [-0.05, 0) is 35.1 Å². The van der Waals surface area contributed by atoms with Gasteiger partial charge in [-0.1, -0.05) is 51.1 Å². The predicted molar refractivity (Wildman–Crippen MR) is 88.5 cm³/mol. The number of anilines is 1. The van der Waals surface area contributed by atoms with E-state index in [4.69, 9.17) is 5.11 Å². The lowest BCUT2D eigenvalue weighted by Gasteiger charge is -2.19. The summed E-state index contributed by atoms with van der Waals surface area (Å²) in [7, 11) is 0. The first-order valence-corrected chi connectivity index (χ1v) is 7.40. The molecule has 4 heteroatoms. The number of carboxylic acids is 1. The summed E-state index contributed by atoms with van der Waals surface area (Å²) in [5.41, 5.74) is 2.78. The Hall–Kier alpha value is -2.36. The van der Waals surface area contributed by atoms with Crippen LogP contribution in [0.1, 0.15) is 42.4 Å². The average Bonchev–Trinajstić information content (AvgIpc) is 2.47. The maximum absolute atomic E-state index is 10.9. The Morgan fingerprint density at radius 1 is 1.14 bits per heavy atom. The molecule has 0 amide bonds. The third-order valence-corrected chi connectivity index (χ3v) is 3.51. The third-order valence-electron chi connectivity index (χ3n) is 3.51. The highest BCUT2D eigenvalue weighted by Crippen LogP contribution is 2.22. The van der Waals surface area contributed by atoms with Gasteiger partial charge >= 0.3 is 5.97 Å². The number of hydrogen-bond acceptors (Lipinski definition) is 3. The monoisotopic (exact) mass is 298 g/mol. The lowest BCUT2D eigenvalue weighted by atomic mass is 9.86. The number of pyridine rings is 1. The van der Waals surface area contributed by atoms with Gasteiger partial charge in [0.15, 0.2) is 5.69 Å². The van der Waals surface area contributed by atoms with E-state index in [0.29, 0.717) is 12.4 Å². The van der Waals surface area contributed by atoms with Crippen LogP contribution in [0.4, 0.5) is 5.82 Å². The van der Waals surface area contributed by atoms with Crippen LogP contribution in [0, 0.1) is 0 Å². The Morgan fingerprint density at radius 2 is 1.82 bits per heavy atom. The molecule has 0 aliphatic carbocycles. The smallest absolute Gasteiger partial charge is 0.354 e. The lowest BCUT2D eigenvalue weighted by Crippen LogP contribution is -2.11. The molecule has 4 nitrogen and oxygen atoms in total. The topological polar surface area (TPSA) is 62.2 Å². The van der Waals surface area contributed by atoms with Crippen LogP contribution in [0.3, 0.4) is 0 Å². The summed E-state index contributed by atoms with van der Waals surface area (Å²) in [5.74, 6) is -0.423. The maximum atomic E-state index is 10.9. The summed E-state index contributed by atoms with van der Waals surface area (Å²) < 4.78 is 0. The van der Waals surface area contributed by atoms with E-state index < -0.39 is 5.97 Å². The van der Waals surface area contributed by atoms with Crippen LogP contribution >= 0.6 is 0 Å². The number of hydrogen-bond donors (Lipinski definition) is 2. The molecule has 0 fully saturated rings. The number of nitrogens with one attached hydrogen (secondary N) is 1. The van der Waals surface area contributed by atoms with Crippen molar-refractivity contribution in [2.75, 3.05) is 11.9 Å². The van der Waals surface area contributed by atoms with E-state index in [1.165, 1.54) is 17.2 Å². The second-order valence-electron chi connectivity index (χ2n) is 6.34. The van der Waals surface area contributed by atoms with Gasteiger partial charge < -0.3 is 10.4 Å². The van der Waals surface area contributed by atoms with Crippen molar-refractivity contribution >= 4 is 11.8 Å². The van der Waals surface area contributed by atoms with E-state index in [0.717, 1.165) is 6.42 Å². The van der Waals surface area contributed by atoms with E-state index in [1.54, 1.807) is 12.1 Å². The molecule has 0 saturated carbocycles. The quantitative estimate of drug-likeness (QED) is 0.883. The normalized spacial score (nSPS) is 11.2. The van der Waals surface area contributed by atoms with Gasteiger partial charge in [0.05, 0.1) is 0 Å². The molecule has 2 rings (SSSR count). The molecular formula is C18H22N2O2. The van der Waals surface area contributed by atoms with E-state index in [9.17, 15) is 4.79 Å². The lowest BCUT2D eigenvalue weighted by molar-refractivity contribution is 0.0690. The number of carbonyl (C=O) groups is 1. The molecule has 0 aliphatic heterocycles. The minimum atomic E-state index is -1.01. The fourth-order valence-electron chi connectivity index (χ4n) is 2.16. The molecule has 0 atom stereocenters. The fourth-order valence-corrected chi connectivity index (χ4v) is 2.16. The molecule has 1 aromatic heterocycles. The van der Waals surface area contributed by atoms with Crippen LogP contribution in [0.5, 0.6) is 0 Å². The van der Waals surface area contributed by atoms with Crippen LogP contribution in [0.25, 0.3) is 0 Å². The van der Waals surface area contributed by atoms with Gasteiger partial charge in [0, 0.05) is 6.54 Å². The highest BCUT2D eigenvalue weighted by Gasteiger charge is 2.12. The minimum Gasteiger partial charge on any atom is -0.477 e. The number of aromatic carboxylic acids is 1. The third kappa shape index (κ3) is 4.32. The van der Waals surface area contributed by atoms with E-state index in [1.807, 2.05) is 0 Å². The molecule has 0 unspecified atom stereocenters. The van der Waals surface area contributed by atoms with Crippen LogP contribution in [-0.2, 0) is 11.8 Å². The van der Waals surface area contributed by atoms with Gasteiger partial charge in [0.2, 0.25) is 0 Å². The molecule has 2 aromatic rings. The van der Waals surface area contributed by atoms with Gasteiger partial charge in [0.25, 0.3) is 0 Å². The molecule has 0 saturated heterocycles. The van der Waals surface area contributed by atoms with Gasteiger partial charge in [-0.15, -0.1) is 0 Å². The Kier molecular flexibility index (Phi) is 4.81. The zero-order chi connectivity index (χ0) is 16.2. The Labute approximate surface area is 131 Å². The predicted octanol–water partition coefficient (Wildman–Crippen LogP) is 3.73. The number of benzene rings is 1. The molecule has 1 heterocycles. The van der Waals surface area contributed by atoms with Gasteiger partial charge in [-0.2, -0.15) is 0 Å². The Bertz CT molecular complexity index is 643. The SMILES string of the molecule is CC(C)(C)c1ccc(CCNc2cccc(C(=O)O)n2)cc1.